The van der Waals surface area contributed by atoms with Gasteiger partial charge in [0.2, 0.25) is 0 Å². The van der Waals surface area contributed by atoms with Crippen molar-refractivity contribution in [3.8, 4) is 0 Å². The van der Waals surface area contributed by atoms with Crippen molar-refractivity contribution in [2.24, 2.45) is 0 Å². The molecule has 2 aromatic rings. The van der Waals surface area contributed by atoms with Gasteiger partial charge in [0.05, 0.1) is 11.0 Å². The molecule has 0 radical (unpaired) electrons. The summed E-state index contributed by atoms with van der Waals surface area (Å²) in [6, 6.07) is 6.03. The van der Waals surface area contributed by atoms with Gasteiger partial charge in [-0.2, -0.15) is 0 Å². The second kappa shape index (κ2) is 11.4. The molecule has 0 fully saturated rings. The number of aromatic nitrogens is 2. The van der Waals surface area contributed by atoms with Gasteiger partial charge in [-0.05, 0) is 30.7 Å². The van der Waals surface area contributed by atoms with Crippen molar-refractivity contribution >= 4 is 39.3 Å². The fourth-order valence-electron chi connectivity index (χ4n) is 1.31. The monoisotopic (exact) mass is 338 g/mol. The van der Waals surface area contributed by atoms with E-state index >= 15 is 0 Å². The summed E-state index contributed by atoms with van der Waals surface area (Å²) in [4.78, 5) is 16.8. The molecule has 0 bridgehead atoms. The minimum Gasteiger partial charge on any atom is -0.338 e. The van der Waals surface area contributed by atoms with Crippen LogP contribution in [0, 0.1) is 0 Å². The topological polar surface area (TPSA) is 45.8 Å². The van der Waals surface area contributed by atoms with Crippen molar-refractivity contribution in [2.75, 3.05) is 0 Å². The predicted molar refractivity (Wildman–Crippen MR) is 90.8 cm³/mol. The smallest absolute Gasteiger partial charge is 0.130 e. The first-order chi connectivity index (χ1) is 9.71. The van der Waals surface area contributed by atoms with Crippen molar-refractivity contribution in [1.82, 2.24) is 9.97 Å². The largest absolute Gasteiger partial charge is 0.338 e. The number of allylic oxidation sites excluding steroid dienone is 1. The third-order valence-corrected chi connectivity index (χ3v) is 2.63. The molecule has 0 saturated carbocycles. The van der Waals surface area contributed by atoms with Crippen molar-refractivity contribution in [3.63, 3.8) is 0 Å². The molecule has 3 nitrogen and oxygen atoms in total. The quantitative estimate of drug-likeness (QED) is 0.764. The summed E-state index contributed by atoms with van der Waals surface area (Å²) in [6.07, 6.45) is 6.64. The summed E-state index contributed by atoms with van der Waals surface area (Å²) in [7, 11) is 0. The van der Waals surface area contributed by atoms with E-state index in [1.54, 1.807) is 0 Å². The van der Waals surface area contributed by atoms with Gasteiger partial charge in [0.25, 0.3) is 0 Å². The van der Waals surface area contributed by atoms with Crippen LogP contribution in [0.15, 0.2) is 28.7 Å². The third-order valence-electron chi connectivity index (χ3n) is 2.14. The zero-order valence-electron chi connectivity index (χ0n) is 12.6. The van der Waals surface area contributed by atoms with E-state index < -0.39 is 0 Å². The minimum absolute atomic E-state index is 0.639. The van der Waals surface area contributed by atoms with Gasteiger partial charge < -0.3 is 9.78 Å². The van der Waals surface area contributed by atoms with Crippen LogP contribution in [-0.4, -0.2) is 16.3 Å². The molecule has 1 heterocycles. The van der Waals surface area contributed by atoms with Crippen LogP contribution in [0.4, 0.5) is 0 Å². The van der Waals surface area contributed by atoms with E-state index in [9.17, 15) is 4.79 Å². The number of hydrogen-bond acceptors (Lipinski definition) is 2. The third kappa shape index (κ3) is 6.66. The van der Waals surface area contributed by atoms with Gasteiger partial charge in [0, 0.05) is 10.9 Å². The predicted octanol–water partition coefficient (Wildman–Crippen LogP) is 5.37. The number of nitrogens with one attached hydrogen (secondary N) is 1. The van der Waals surface area contributed by atoms with E-state index in [0.717, 1.165) is 34.0 Å². The maximum atomic E-state index is 9.17. The van der Waals surface area contributed by atoms with Gasteiger partial charge in [-0.15, -0.1) is 0 Å². The molecular formula is C16H23BrN2O. The molecule has 0 spiro atoms. The molecule has 0 aliphatic rings. The molecular weight excluding hydrogens is 316 g/mol. The second-order valence-electron chi connectivity index (χ2n) is 3.67. The summed E-state index contributed by atoms with van der Waals surface area (Å²) in [5.74, 6) is 0.917. The van der Waals surface area contributed by atoms with Gasteiger partial charge in [-0.25, -0.2) is 4.98 Å². The number of benzene rings is 1. The Balaban J connectivity index is 0.000000521. The molecule has 0 unspecified atom stereocenters. The lowest BCUT2D eigenvalue weighted by molar-refractivity contribution is -0.107. The van der Waals surface area contributed by atoms with Crippen molar-refractivity contribution in [2.45, 2.75) is 40.5 Å². The van der Waals surface area contributed by atoms with Gasteiger partial charge in [0.1, 0.15) is 12.1 Å². The van der Waals surface area contributed by atoms with Gasteiger partial charge in [-0.1, -0.05) is 49.7 Å². The molecule has 110 valence electrons. The Kier molecular flexibility index (Phi) is 10.6. The van der Waals surface area contributed by atoms with E-state index in [4.69, 9.17) is 0 Å². The number of fused-ring (bicyclic) bond motifs is 1. The highest BCUT2D eigenvalue weighted by molar-refractivity contribution is 9.10. The van der Waals surface area contributed by atoms with Crippen molar-refractivity contribution in [1.29, 1.82) is 0 Å². The Morgan fingerprint density at radius 3 is 2.45 bits per heavy atom. The van der Waals surface area contributed by atoms with Crippen molar-refractivity contribution < 1.29 is 4.79 Å². The SMILES string of the molecule is CC.CC/C=C/c1nc2ccc(Br)cc2[nH]1.CCC=O. The summed E-state index contributed by atoms with van der Waals surface area (Å²) in [5.41, 5.74) is 2.07. The highest BCUT2D eigenvalue weighted by Gasteiger charge is 1.99. The first-order valence-corrected chi connectivity index (χ1v) is 7.76. The Morgan fingerprint density at radius 2 is 1.90 bits per heavy atom. The van der Waals surface area contributed by atoms with Crippen LogP contribution in [0.3, 0.4) is 0 Å². The molecule has 4 heteroatoms. The van der Waals surface area contributed by atoms with Crippen molar-refractivity contribution in [3.05, 3.63) is 34.6 Å². The van der Waals surface area contributed by atoms with Crippen LogP contribution in [0.1, 0.15) is 46.4 Å². The number of aldehydes is 1. The fourth-order valence-corrected chi connectivity index (χ4v) is 1.67. The van der Waals surface area contributed by atoms with Crippen LogP contribution in [-0.2, 0) is 4.79 Å². The van der Waals surface area contributed by atoms with Gasteiger partial charge >= 0.3 is 0 Å². The maximum absolute atomic E-state index is 9.17. The Morgan fingerprint density at radius 1 is 1.25 bits per heavy atom. The Bertz CT molecular complexity index is 532. The first-order valence-electron chi connectivity index (χ1n) is 6.96. The number of nitrogens with zero attached hydrogens (tertiary/aromatic N) is 1. The van der Waals surface area contributed by atoms with Crippen LogP contribution in [0.2, 0.25) is 0 Å². The number of aromatic amines is 1. The van der Waals surface area contributed by atoms with E-state index in [2.05, 4.69) is 38.9 Å². The minimum atomic E-state index is 0.639. The summed E-state index contributed by atoms with van der Waals surface area (Å²) >= 11 is 3.43. The van der Waals surface area contributed by atoms with Gasteiger partial charge in [0.15, 0.2) is 0 Å². The summed E-state index contributed by atoms with van der Waals surface area (Å²) in [6.45, 7) is 7.92. The van der Waals surface area contributed by atoms with E-state index in [1.165, 1.54) is 0 Å². The average Bonchev–Trinajstić information content (AvgIpc) is 2.89. The number of carbonyl (C=O) groups is 1. The number of carbonyl (C=O) groups excluding carboxylic acids is 1. The van der Waals surface area contributed by atoms with Crippen LogP contribution < -0.4 is 0 Å². The molecule has 0 saturated heterocycles. The fraction of sp³-hybridized carbons (Fsp3) is 0.375. The van der Waals surface area contributed by atoms with E-state index in [0.29, 0.717) is 6.42 Å². The van der Waals surface area contributed by atoms with Crippen LogP contribution >= 0.6 is 15.9 Å². The molecule has 20 heavy (non-hydrogen) atoms. The average molecular weight is 339 g/mol. The number of imidazole rings is 1. The second-order valence-corrected chi connectivity index (χ2v) is 4.58. The number of hydrogen-bond donors (Lipinski definition) is 1. The molecule has 0 amide bonds. The summed E-state index contributed by atoms with van der Waals surface area (Å²) < 4.78 is 1.07. The maximum Gasteiger partial charge on any atom is 0.130 e. The zero-order chi connectivity index (χ0) is 15.4. The normalized spacial score (nSPS) is 9.65. The van der Waals surface area contributed by atoms with E-state index in [1.807, 2.05) is 45.0 Å². The first kappa shape index (κ1) is 18.6. The molecule has 1 aromatic carbocycles. The summed E-state index contributed by atoms with van der Waals surface area (Å²) in [5, 5.41) is 0. The lowest BCUT2D eigenvalue weighted by Gasteiger charge is -1.87. The molecule has 0 aliphatic heterocycles. The zero-order valence-corrected chi connectivity index (χ0v) is 14.2. The molecule has 0 atom stereocenters. The molecule has 1 aromatic heterocycles. The van der Waals surface area contributed by atoms with Crippen LogP contribution in [0.25, 0.3) is 17.1 Å². The number of halogens is 1. The Hall–Kier alpha value is -1.42. The van der Waals surface area contributed by atoms with Gasteiger partial charge in [-0.3, -0.25) is 0 Å². The van der Waals surface area contributed by atoms with Crippen LogP contribution in [0.5, 0.6) is 0 Å². The number of rotatable bonds is 3. The standard InChI is InChI=1S/C11H11BrN2.C3H6O.C2H6/c1-2-3-4-11-13-9-6-5-8(12)7-10(9)14-11;1-2-3-4;1-2/h3-7H,2H2,1H3,(H,13,14);3H,2H2,1H3;1-2H3/b4-3+;;. The molecule has 2 rings (SSSR count). The Labute approximate surface area is 129 Å². The van der Waals surface area contributed by atoms with E-state index in [-0.39, 0.29) is 0 Å². The number of H-pyrrole nitrogens is 1. The molecule has 1 N–H and O–H groups in total. The molecule has 0 aliphatic carbocycles. The highest BCUT2D eigenvalue weighted by Crippen LogP contribution is 2.18. The highest BCUT2D eigenvalue weighted by atomic mass is 79.9. The lowest BCUT2D eigenvalue weighted by atomic mass is 10.3. The lowest BCUT2D eigenvalue weighted by Crippen LogP contribution is -1.71.